The van der Waals surface area contributed by atoms with Crippen LogP contribution in [-0.4, -0.2) is 12.5 Å². The summed E-state index contributed by atoms with van der Waals surface area (Å²) in [7, 11) is 0. The van der Waals surface area contributed by atoms with E-state index in [0.717, 1.165) is 29.5 Å². The summed E-state index contributed by atoms with van der Waals surface area (Å²) in [5.41, 5.74) is 1.65. The van der Waals surface area contributed by atoms with Gasteiger partial charge in [-0.2, -0.15) is 0 Å². The zero-order valence-electron chi connectivity index (χ0n) is 11.6. The Morgan fingerprint density at radius 2 is 1.70 bits per heavy atom. The van der Waals surface area contributed by atoms with Gasteiger partial charge in [-0.05, 0) is 46.6 Å². The molecular formula is C17H18BrNO. The van der Waals surface area contributed by atoms with E-state index in [4.69, 9.17) is 0 Å². The number of rotatable bonds is 5. The lowest BCUT2D eigenvalue weighted by Gasteiger charge is -2.23. The Morgan fingerprint density at radius 3 is 2.35 bits per heavy atom. The average molecular weight is 332 g/mol. The summed E-state index contributed by atoms with van der Waals surface area (Å²) < 4.78 is 0.836. The maximum Gasteiger partial charge on any atom is 0.259 e. The normalized spacial score (nSPS) is 10.3. The van der Waals surface area contributed by atoms with Gasteiger partial charge in [-0.1, -0.05) is 43.7 Å². The molecule has 0 saturated heterocycles. The molecule has 0 spiro atoms. The number of anilines is 1. The maximum absolute atomic E-state index is 12.8. The maximum atomic E-state index is 12.8. The summed E-state index contributed by atoms with van der Waals surface area (Å²) in [6.45, 7) is 2.87. The zero-order valence-corrected chi connectivity index (χ0v) is 13.1. The Labute approximate surface area is 128 Å². The van der Waals surface area contributed by atoms with Crippen molar-refractivity contribution in [2.75, 3.05) is 11.4 Å². The highest BCUT2D eigenvalue weighted by Crippen LogP contribution is 2.22. The first-order valence-electron chi connectivity index (χ1n) is 6.85. The zero-order chi connectivity index (χ0) is 14.4. The van der Waals surface area contributed by atoms with E-state index in [-0.39, 0.29) is 5.91 Å². The molecule has 2 aromatic carbocycles. The molecule has 104 valence electrons. The minimum Gasteiger partial charge on any atom is -0.308 e. The van der Waals surface area contributed by atoms with Crippen LogP contribution in [0.15, 0.2) is 59.1 Å². The number of amides is 1. The number of carbonyl (C=O) groups excluding carboxylic acids is 1. The lowest BCUT2D eigenvalue weighted by atomic mass is 10.1. The summed E-state index contributed by atoms with van der Waals surface area (Å²) in [5.74, 6) is 0.0390. The van der Waals surface area contributed by atoms with Gasteiger partial charge in [0.05, 0.1) is 5.56 Å². The Morgan fingerprint density at radius 1 is 1.05 bits per heavy atom. The molecule has 0 aliphatic carbocycles. The van der Waals surface area contributed by atoms with Crippen LogP contribution in [-0.2, 0) is 0 Å². The Hall–Kier alpha value is -1.61. The highest BCUT2D eigenvalue weighted by molar-refractivity contribution is 9.10. The number of para-hydroxylation sites is 1. The summed E-state index contributed by atoms with van der Waals surface area (Å²) in [6, 6.07) is 17.4. The molecule has 0 atom stereocenters. The molecule has 0 bridgehead atoms. The lowest BCUT2D eigenvalue weighted by Crippen LogP contribution is -2.32. The van der Waals surface area contributed by atoms with Crippen LogP contribution < -0.4 is 4.90 Å². The third kappa shape index (κ3) is 3.48. The predicted molar refractivity (Wildman–Crippen MR) is 87.2 cm³/mol. The molecule has 0 aromatic heterocycles. The van der Waals surface area contributed by atoms with Gasteiger partial charge in [0.15, 0.2) is 0 Å². The smallest absolute Gasteiger partial charge is 0.259 e. The molecule has 1 amide bonds. The fourth-order valence-electron chi connectivity index (χ4n) is 2.05. The number of unbranched alkanes of at least 4 members (excludes halogenated alkanes) is 1. The third-order valence-electron chi connectivity index (χ3n) is 3.15. The molecule has 2 aromatic rings. The molecule has 0 saturated carbocycles. The van der Waals surface area contributed by atoms with Gasteiger partial charge in [-0.3, -0.25) is 4.79 Å². The second kappa shape index (κ2) is 7.25. The predicted octanol–water partition coefficient (Wildman–Crippen LogP) is 4.90. The standard InChI is InChI=1S/C17H18BrNO/c1-2-3-13-19(14-9-5-4-6-10-14)17(20)15-11-7-8-12-16(15)18/h4-12H,2-3,13H2,1H3. The van der Waals surface area contributed by atoms with Crippen LogP contribution >= 0.6 is 15.9 Å². The van der Waals surface area contributed by atoms with Crippen LogP contribution in [0.1, 0.15) is 30.1 Å². The van der Waals surface area contributed by atoms with Gasteiger partial charge in [0.1, 0.15) is 0 Å². The van der Waals surface area contributed by atoms with E-state index in [1.807, 2.05) is 59.5 Å². The number of carbonyl (C=O) groups is 1. The fraction of sp³-hybridized carbons (Fsp3) is 0.235. The molecule has 3 heteroatoms. The van der Waals surface area contributed by atoms with Crippen LogP contribution in [0.4, 0.5) is 5.69 Å². The van der Waals surface area contributed by atoms with Gasteiger partial charge in [-0.15, -0.1) is 0 Å². The van der Waals surface area contributed by atoms with Gasteiger partial charge in [0.2, 0.25) is 0 Å². The number of hydrogen-bond donors (Lipinski definition) is 0. The van der Waals surface area contributed by atoms with Gasteiger partial charge in [0.25, 0.3) is 5.91 Å². The average Bonchev–Trinajstić information content (AvgIpc) is 2.49. The van der Waals surface area contributed by atoms with Crippen LogP contribution in [0.3, 0.4) is 0 Å². The quantitative estimate of drug-likeness (QED) is 0.763. The van der Waals surface area contributed by atoms with E-state index >= 15 is 0 Å². The number of halogens is 1. The van der Waals surface area contributed by atoms with Crippen LogP contribution in [0.5, 0.6) is 0 Å². The van der Waals surface area contributed by atoms with E-state index in [0.29, 0.717) is 5.56 Å². The largest absolute Gasteiger partial charge is 0.308 e. The molecule has 2 rings (SSSR count). The van der Waals surface area contributed by atoms with E-state index in [1.54, 1.807) is 0 Å². The minimum absolute atomic E-state index is 0.0390. The molecule has 0 unspecified atom stereocenters. The van der Waals surface area contributed by atoms with Crippen LogP contribution in [0, 0.1) is 0 Å². The van der Waals surface area contributed by atoms with E-state index < -0.39 is 0 Å². The molecule has 0 radical (unpaired) electrons. The minimum atomic E-state index is 0.0390. The van der Waals surface area contributed by atoms with Crippen molar-refractivity contribution < 1.29 is 4.79 Å². The summed E-state index contributed by atoms with van der Waals surface area (Å²) in [4.78, 5) is 14.6. The molecule has 0 N–H and O–H groups in total. The topological polar surface area (TPSA) is 20.3 Å². The Kier molecular flexibility index (Phi) is 5.36. The monoisotopic (exact) mass is 331 g/mol. The summed E-state index contributed by atoms with van der Waals surface area (Å²) in [6.07, 6.45) is 2.05. The van der Waals surface area contributed by atoms with Crippen molar-refractivity contribution in [1.82, 2.24) is 0 Å². The van der Waals surface area contributed by atoms with Gasteiger partial charge < -0.3 is 4.90 Å². The molecule has 0 fully saturated rings. The number of hydrogen-bond acceptors (Lipinski definition) is 1. The highest BCUT2D eigenvalue weighted by Gasteiger charge is 2.18. The van der Waals surface area contributed by atoms with Crippen molar-refractivity contribution in [3.63, 3.8) is 0 Å². The number of nitrogens with zero attached hydrogens (tertiary/aromatic N) is 1. The lowest BCUT2D eigenvalue weighted by molar-refractivity contribution is 0.0986. The molecule has 20 heavy (non-hydrogen) atoms. The third-order valence-corrected chi connectivity index (χ3v) is 3.84. The summed E-state index contributed by atoms with van der Waals surface area (Å²) >= 11 is 3.46. The molecular weight excluding hydrogens is 314 g/mol. The Bertz CT molecular complexity index is 568. The summed E-state index contributed by atoms with van der Waals surface area (Å²) in [5, 5.41) is 0. The van der Waals surface area contributed by atoms with Crippen molar-refractivity contribution in [2.24, 2.45) is 0 Å². The molecule has 0 heterocycles. The van der Waals surface area contributed by atoms with E-state index in [2.05, 4.69) is 22.9 Å². The number of benzene rings is 2. The van der Waals surface area contributed by atoms with E-state index in [1.165, 1.54) is 0 Å². The second-order valence-electron chi connectivity index (χ2n) is 4.63. The molecule has 0 aliphatic heterocycles. The first-order chi connectivity index (χ1) is 9.74. The van der Waals surface area contributed by atoms with Crippen LogP contribution in [0.2, 0.25) is 0 Å². The Balaban J connectivity index is 2.32. The van der Waals surface area contributed by atoms with E-state index in [9.17, 15) is 4.79 Å². The first kappa shape index (κ1) is 14.8. The van der Waals surface area contributed by atoms with Gasteiger partial charge >= 0.3 is 0 Å². The second-order valence-corrected chi connectivity index (χ2v) is 5.48. The van der Waals surface area contributed by atoms with Crippen molar-refractivity contribution >= 4 is 27.5 Å². The van der Waals surface area contributed by atoms with Crippen molar-refractivity contribution in [1.29, 1.82) is 0 Å². The first-order valence-corrected chi connectivity index (χ1v) is 7.64. The van der Waals surface area contributed by atoms with Gasteiger partial charge in [-0.25, -0.2) is 0 Å². The SMILES string of the molecule is CCCCN(C(=O)c1ccccc1Br)c1ccccc1. The van der Waals surface area contributed by atoms with Gasteiger partial charge in [0, 0.05) is 16.7 Å². The molecule has 0 aliphatic rings. The fourth-order valence-corrected chi connectivity index (χ4v) is 2.51. The highest BCUT2D eigenvalue weighted by atomic mass is 79.9. The van der Waals surface area contributed by atoms with Crippen molar-refractivity contribution in [3.8, 4) is 0 Å². The van der Waals surface area contributed by atoms with Crippen molar-refractivity contribution in [2.45, 2.75) is 19.8 Å². The van der Waals surface area contributed by atoms with Crippen LogP contribution in [0.25, 0.3) is 0 Å². The molecule has 2 nitrogen and oxygen atoms in total. The van der Waals surface area contributed by atoms with Crippen molar-refractivity contribution in [3.05, 3.63) is 64.6 Å².